The third-order valence-corrected chi connectivity index (χ3v) is 4.37. The first kappa shape index (κ1) is 18.3. The van der Waals surface area contributed by atoms with Gasteiger partial charge in [0.05, 0.1) is 0 Å². The Balaban J connectivity index is 2.26. The zero-order valence-electron chi connectivity index (χ0n) is 13.5. The molecule has 0 spiro atoms. The first-order chi connectivity index (χ1) is 12.8. The van der Waals surface area contributed by atoms with Crippen LogP contribution in [0.4, 0.5) is 5.82 Å². The average Bonchev–Trinajstić information content (AvgIpc) is 2.60. The summed E-state index contributed by atoms with van der Waals surface area (Å²) in [7, 11) is 0. The normalized spacial score (nSPS) is 10.2. The molecule has 3 rings (SSSR count). The molecule has 0 aliphatic carbocycles. The van der Waals surface area contributed by atoms with E-state index in [-0.39, 0.29) is 33.8 Å². The van der Waals surface area contributed by atoms with Crippen molar-refractivity contribution in [3.8, 4) is 40.1 Å². The van der Waals surface area contributed by atoms with Gasteiger partial charge in [0.1, 0.15) is 34.8 Å². The quantitative estimate of drug-likeness (QED) is 0.601. The number of aromatic nitrogens is 1. The summed E-state index contributed by atoms with van der Waals surface area (Å²) in [5.74, 6) is -0.414. The highest BCUT2D eigenvalue weighted by molar-refractivity contribution is 6.35. The van der Waals surface area contributed by atoms with E-state index in [1.807, 2.05) is 6.07 Å². The monoisotopic (exact) mass is 396 g/mol. The van der Waals surface area contributed by atoms with E-state index in [0.717, 1.165) is 0 Å². The van der Waals surface area contributed by atoms with Crippen molar-refractivity contribution in [1.29, 1.82) is 10.5 Å². The fourth-order valence-electron chi connectivity index (χ4n) is 2.76. The highest BCUT2D eigenvalue weighted by atomic mass is 35.5. The largest absolute Gasteiger partial charge is 0.507 e. The number of nitriles is 2. The topological polar surface area (TPSA) is 127 Å². The van der Waals surface area contributed by atoms with E-state index in [2.05, 4.69) is 4.98 Å². The second-order valence-electron chi connectivity index (χ2n) is 5.61. The van der Waals surface area contributed by atoms with Crippen LogP contribution in [0.25, 0.3) is 22.3 Å². The first-order valence-electron chi connectivity index (χ1n) is 7.51. The van der Waals surface area contributed by atoms with Gasteiger partial charge in [0.25, 0.3) is 5.56 Å². The number of nitrogens with zero attached hydrogens (tertiary/aromatic N) is 2. The molecule has 1 heterocycles. The van der Waals surface area contributed by atoms with Crippen molar-refractivity contribution >= 4 is 29.0 Å². The zero-order valence-corrected chi connectivity index (χ0v) is 15.1. The van der Waals surface area contributed by atoms with E-state index in [1.165, 1.54) is 12.1 Å². The van der Waals surface area contributed by atoms with E-state index < -0.39 is 5.56 Å². The number of nitrogens with one attached hydrogen (secondary N) is 1. The maximum absolute atomic E-state index is 12.0. The number of phenolic OH excluding ortho intramolecular Hbond substituents is 1. The molecule has 2 aromatic carbocycles. The van der Waals surface area contributed by atoms with E-state index in [1.54, 1.807) is 30.3 Å². The fraction of sp³-hybridized carbons (Fsp3) is 0. The van der Waals surface area contributed by atoms with Crippen LogP contribution >= 0.6 is 23.2 Å². The summed E-state index contributed by atoms with van der Waals surface area (Å²) in [6, 6.07) is 13.1. The number of pyridine rings is 1. The molecule has 0 fully saturated rings. The number of halogens is 2. The summed E-state index contributed by atoms with van der Waals surface area (Å²) in [5.41, 5.74) is 5.94. The number of aromatic hydroxyl groups is 1. The molecular weight excluding hydrogens is 387 g/mol. The van der Waals surface area contributed by atoms with Crippen LogP contribution in [-0.4, -0.2) is 10.1 Å². The van der Waals surface area contributed by atoms with Crippen molar-refractivity contribution in [3.05, 3.63) is 67.9 Å². The minimum absolute atomic E-state index is 0.0190. The molecule has 8 heteroatoms. The Labute approximate surface area is 163 Å². The number of H-pyrrole nitrogens is 1. The number of nitrogens with two attached hydrogens (primary N) is 1. The SMILES string of the molecule is N#Cc1c(N)[nH]c(=O)c(C#N)c1-c1ccc(-c2cc(Cl)cc(Cl)c2)cc1O. The molecule has 0 aliphatic rings. The number of benzene rings is 2. The molecule has 0 radical (unpaired) electrons. The van der Waals surface area contributed by atoms with Crippen molar-refractivity contribution in [2.24, 2.45) is 0 Å². The molecule has 0 atom stereocenters. The van der Waals surface area contributed by atoms with Crippen LogP contribution in [0.5, 0.6) is 5.75 Å². The van der Waals surface area contributed by atoms with E-state index in [4.69, 9.17) is 28.9 Å². The van der Waals surface area contributed by atoms with Crippen LogP contribution in [0.1, 0.15) is 11.1 Å². The van der Waals surface area contributed by atoms with Crippen molar-refractivity contribution in [3.63, 3.8) is 0 Å². The Morgan fingerprint density at radius 3 is 2.15 bits per heavy atom. The standard InChI is InChI=1S/C19H10Cl2N4O2/c20-11-3-10(4-12(21)6-11)9-1-2-13(16(26)5-9)17-14(7-22)18(24)25-19(27)15(17)8-23/h1-6,26H,(H3,24,25,27). The average molecular weight is 397 g/mol. The van der Waals surface area contributed by atoms with Crippen LogP contribution in [0.3, 0.4) is 0 Å². The number of hydrogen-bond acceptors (Lipinski definition) is 5. The Bertz CT molecular complexity index is 1200. The van der Waals surface area contributed by atoms with Gasteiger partial charge in [-0.05, 0) is 41.5 Å². The summed E-state index contributed by atoms with van der Waals surface area (Å²) in [6.45, 7) is 0. The molecule has 0 bridgehead atoms. The van der Waals surface area contributed by atoms with E-state index in [0.29, 0.717) is 21.2 Å². The summed E-state index contributed by atoms with van der Waals surface area (Å²) >= 11 is 12.0. The highest BCUT2D eigenvalue weighted by Gasteiger charge is 2.20. The van der Waals surface area contributed by atoms with Crippen molar-refractivity contribution in [2.45, 2.75) is 0 Å². The number of aromatic amines is 1. The lowest BCUT2D eigenvalue weighted by Gasteiger charge is -2.12. The van der Waals surface area contributed by atoms with Crippen LogP contribution in [0.2, 0.25) is 10.0 Å². The van der Waals surface area contributed by atoms with Gasteiger partial charge < -0.3 is 15.8 Å². The van der Waals surface area contributed by atoms with E-state index in [9.17, 15) is 20.4 Å². The number of anilines is 1. The summed E-state index contributed by atoms with van der Waals surface area (Å²) in [6.07, 6.45) is 0. The molecule has 132 valence electrons. The van der Waals surface area contributed by atoms with Gasteiger partial charge in [-0.15, -0.1) is 0 Å². The maximum atomic E-state index is 12.0. The Morgan fingerprint density at radius 2 is 1.59 bits per heavy atom. The Kier molecular flexibility index (Phi) is 4.79. The molecule has 0 unspecified atom stereocenters. The van der Waals surface area contributed by atoms with Crippen LogP contribution in [0.15, 0.2) is 41.2 Å². The van der Waals surface area contributed by atoms with Crippen molar-refractivity contribution in [1.82, 2.24) is 4.98 Å². The Hall–Kier alpha value is -3.45. The predicted molar refractivity (Wildman–Crippen MR) is 103 cm³/mol. The summed E-state index contributed by atoms with van der Waals surface area (Å²) < 4.78 is 0. The van der Waals surface area contributed by atoms with Gasteiger partial charge in [-0.2, -0.15) is 10.5 Å². The zero-order chi connectivity index (χ0) is 19.7. The lowest BCUT2D eigenvalue weighted by atomic mass is 9.94. The molecule has 0 aliphatic heterocycles. The summed E-state index contributed by atoms with van der Waals surface area (Å²) in [5, 5.41) is 30.1. The minimum atomic E-state index is -0.742. The maximum Gasteiger partial charge on any atom is 0.268 e. The first-order valence-corrected chi connectivity index (χ1v) is 8.27. The van der Waals surface area contributed by atoms with Gasteiger partial charge in [-0.1, -0.05) is 29.3 Å². The van der Waals surface area contributed by atoms with E-state index >= 15 is 0 Å². The lowest BCUT2D eigenvalue weighted by molar-refractivity contribution is 0.477. The van der Waals surface area contributed by atoms with Gasteiger partial charge in [0.15, 0.2) is 0 Å². The molecule has 0 saturated heterocycles. The number of phenols is 1. The van der Waals surface area contributed by atoms with Gasteiger partial charge in [-0.3, -0.25) is 4.79 Å². The molecule has 27 heavy (non-hydrogen) atoms. The number of rotatable bonds is 2. The molecule has 0 saturated carbocycles. The van der Waals surface area contributed by atoms with Crippen molar-refractivity contribution in [2.75, 3.05) is 5.73 Å². The van der Waals surface area contributed by atoms with Gasteiger partial charge in [0, 0.05) is 21.2 Å². The number of nitrogen functional groups attached to an aromatic ring is 1. The minimum Gasteiger partial charge on any atom is -0.507 e. The van der Waals surface area contributed by atoms with Crippen LogP contribution < -0.4 is 11.3 Å². The fourth-order valence-corrected chi connectivity index (χ4v) is 3.28. The highest BCUT2D eigenvalue weighted by Crippen LogP contribution is 2.38. The number of hydrogen-bond donors (Lipinski definition) is 3. The Morgan fingerprint density at radius 1 is 0.963 bits per heavy atom. The molecule has 3 aromatic rings. The second-order valence-corrected chi connectivity index (χ2v) is 6.48. The predicted octanol–water partition coefficient (Wildman–Crippen LogP) is 4.05. The van der Waals surface area contributed by atoms with Crippen molar-refractivity contribution < 1.29 is 5.11 Å². The second kappa shape index (κ2) is 7.05. The third kappa shape index (κ3) is 3.32. The molecule has 6 nitrogen and oxygen atoms in total. The summed E-state index contributed by atoms with van der Waals surface area (Å²) in [4.78, 5) is 14.3. The smallest absolute Gasteiger partial charge is 0.268 e. The van der Waals surface area contributed by atoms with Gasteiger partial charge in [0.2, 0.25) is 0 Å². The lowest BCUT2D eigenvalue weighted by Crippen LogP contribution is -2.16. The molecule has 1 aromatic heterocycles. The van der Waals surface area contributed by atoms with Crippen LogP contribution in [-0.2, 0) is 0 Å². The van der Waals surface area contributed by atoms with Gasteiger partial charge >= 0.3 is 0 Å². The molecule has 4 N–H and O–H groups in total. The van der Waals surface area contributed by atoms with Crippen LogP contribution in [0, 0.1) is 22.7 Å². The van der Waals surface area contributed by atoms with Gasteiger partial charge in [-0.25, -0.2) is 0 Å². The molecule has 0 amide bonds. The molecular formula is C19H10Cl2N4O2. The third-order valence-electron chi connectivity index (χ3n) is 3.93.